The number of anilines is 3. The molecule has 17 heavy (non-hydrogen) atoms. The smallest absolute Gasteiger partial charge is 0.223 e. The first kappa shape index (κ1) is 13.0. The Hall–Kier alpha value is -2.05. The molecular weight excluding hydrogens is 220 g/mol. The zero-order chi connectivity index (χ0) is 12.8. The lowest BCUT2D eigenvalue weighted by molar-refractivity contribution is -0.121. The maximum Gasteiger partial charge on any atom is 0.223 e. The molecule has 0 saturated carbocycles. The predicted octanol–water partition coefficient (Wildman–Crippen LogP) is -0.0324. The van der Waals surface area contributed by atoms with E-state index in [1.165, 1.54) is 0 Å². The van der Waals surface area contributed by atoms with E-state index in [1.807, 2.05) is 13.8 Å². The molecule has 0 atom stereocenters. The largest absolute Gasteiger partial charge is 0.383 e. The summed E-state index contributed by atoms with van der Waals surface area (Å²) in [4.78, 5) is 19.0. The fraction of sp³-hybridized carbons (Fsp3) is 0.500. The summed E-state index contributed by atoms with van der Waals surface area (Å²) in [7, 11) is 0. The van der Waals surface area contributed by atoms with Gasteiger partial charge in [0.25, 0.3) is 0 Å². The Kier molecular flexibility index (Phi) is 4.50. The van der Waals surface area contributed by atoms with Crippen molar-refractivity contribution in [1.29, 1.82) is 0 Å². The Balaban J connectivity index is 2.38. The molecular formula is C10H18N6O. The van der Waals surface area contributed by atoms with Crippen molar-refractivity contribution in [2.24, 2.45) is 0 Å². The molecule has 0 aliphatic heterocycles. The van der Waals surface area contributed by atoms with Crippen molar-refractivity contribution in [3.63, 3.8) is 0 Å². The van der Waals surface area contributed by atoms with Crippen LogP contribution in [0.2, 0.25) is 0 Å². The van der Waals surface area contributed by atoms with Crippen LogP contribution in [0.25, 0.3) is 0 Å². The van der Waals surface area contributed by atoms with Crippen LogP contribution in [0.15, 0.2) is 6.07 Å². The first-order chi connectivity index (χ1) is 7.97. The molecule has 6 N–H and O–H groups in total. The maximum absolute atomic E-state index is 11.3. The van der Waals surface area contributed by atoms with Gasteiger partial charge in [0.05, 0.1) is 0 Å². The molecule has 7 heteroatoms. The van der Waals surface area contributed by atoms with Crippen LogP contribution in [-0.4, -0.2) is 28.5 Å². The minimum absolute atomic E-state index is 0.0116. The summed E-state index contributed by atoms with van der Waals surface area (Å²) in [6, 6.07) is 1.71. The van der Waals surface area contributed by atoms with Crippen LogP contribution in [-0.2, 0) is 4.79 Å². The van der Waals surface area contributed by atoms with Gasteiger partial charge in [0, 0.05) is 25.1 Å². The molecule has 0 saturated heterocycles. The van der Waals surface area contributed by atoms with E-state index < -0.39 is 0 Å². The third kappa shape index (κ3) is 5.01. The summed E-state index contributed by atoms with van der Waals surface area (Å²) >= 11 is 0. The summed E-state index contributed by atoms with van der Waals surface area (Å²) in [6.45, 7) is 4.29. The lowest BCUT2D eigenvalue weighted by Crippen LogP contribution is -2.31. The number of nitrogens with one attached hydrogen (secondary N) is 2. The topological polar surface area (TPSA) is 119 Å². The van der Waals surface area contributed by atoms with Gasteiger partial charge < -0.3 is 22.1 Å². The third-order valence-corrected chi connectivity index (χ3v) is 1.87. The fourth-order valence-corrected chi connectivity index (χ4v) is 1.27. The Bertz CT molecular complexity index is 372. The molecule has 7 nitrogen and oxygen atoms in total. The molecule has 1 heterocycles. The van der Waals surface area contributed by atoms with Crippen LogP contribution in [0, 0.1) is 0 Å². The molecule has 0 radical (unpaired) electrons. The lowest BCUT2D eigenvalue weighted by Gasteiger charge is -2.09. The molecule has 1 aromatic heterocycles. The molecule has 1 rings (SSSR count). The van der Waals surface area contributed by atoms with Crippen molar-refractivity contribution >= 4 is 23.5 Å². The van der Waals surface area contributed by atoms with Crippen molar-refractivity contribution in [3.05, 3.63) is 6.07 Å². The molecule has 0 fully saturated rings. The summed E-state index contributed by atoms with van der Waals surface area (Å²) in [5, 5.41) is 5.75. The van der Waals surface area contributed by atoms with Crippen LogP contribution in [0.4, 0.5) is 17.6 Å². The normalized spacial score (nSPS) is 10.3. The Morgan fingerprint density at radius 1 is 1.41 bits per heavy atom. The van der Waals surface area contributed by atoms with Gasteiger partial charge in [-0.25, -0.2) is 0 Å². The number of carbonyl (C=O) groups excluding carboxylic acids is 1. The van der Waals surface area contributed by atoms with Gasteiger partial charge >= 0.3 is 0 Å². The summed E-state index contributed by atoms with van der Waals surface area (Å²) in [6.07, 6.45) is 0.363. The monoisotopic (exact) mass is 238 g/mol. The van der Waals surface area contributed by atoms with Crippen LogP contribution < -0.4 is 22.1 Å². The third-order valence-electron chi connectivity index (χ3n) is 1.87. The van der Waals surface area contributed by atoms with E-state index in [0.717, 1.165) is 0 Å². The van der Waals surface area contributed by atoms with Gasteiger partial charge in [0.15, 0.2) is 0 Å². The molecule has 0 aliphatic rings. The molecule has 1 amide bonds. The van der Waals surface area contributed by atoms with Crippen molar-refractivity contribution < 1.29 is 4.79 Å². The van der Waals surface area contributed by atoms with Gasteiger partial charge in [0.1, 0.15) is 11.6 Å². The number of hydrogen-bond acceptors (Lipinski definition) is 6. The quantitative estimate of drug-likeness (QED) is 0.572. The number of nitrogens with zero attached hydrogens (tertiary/aromatic N) is 2. The lowest BCUT2D eigenvalue weighted by atomic mass is 10.3. The average Bonchev–Trinajstić information content (AvgIpc) is 2.14. The fourth-order valence-electron chi connectivity index (χ4n) is 1.27. The van der Waals surface area contributed by atoms with Crippen molar-refractivity contribution in [2.45, 2.75) is 26.3 Å². The summed E-state index contributed by atoms with van der Waals surface area (Å²) in [5.41, 5.74) is 10.9. The standard InChI is InChI=1S/C10H18N6O/c1-6(2)14-9(17)3-4-13-8-5-7(11)15-10(12)16-8/h5-6H,3-4H2,1-2H3,(H,14,17)(H5,11,12,13,15,16). The Labute approximate surface area is 100 Å². The predicted molar refractivity (Wildman–Crippen MR) is 67.2 cm³/mol. The SMILES string of the molecule is CC(C)NC(=O)CCNc1cc(N)nc(N)n1. The number of nitrogen functional groups attached to an aromatic ring is 2. The van der Waals surface area contributed by atoms with Crippen LogP contribution in [0.1, 0.15) is 20.3 Å². The van der Waals surface area contributed by atoms with E-state index in [9.17, 15) is 4.79 Å². The molecule has 0 bridgehead atoms. The highest BCUT2D eigenvalue weighted by Crippen LogP contribution is 2.08. The molecule has 0 spiro atoms. The van der Waals surface area contributed by atoms with Gasteiger partial charge in [-0.15, -0.1) is 0 Å². The minimum Gasteiger partial charge on any atom is -0.383 e. The van der Waals surface area contributed by atoms with Gasteiger partial charge in [-0.3, -0.25) is 4.79 Å². The summed E-state index contributed by atoms with van der Waals surface area (Å²) in [5.74, 6) is 0.917. The van der Waals surface area contributed by atoms with Gasteiger partial charge in [-0.2, -0.15) is 9.97 Å². The maximum atomic E-state index is 11.3. The van der Waals surface area contributed by atoms with E-state index in [0.29, 0.717) is 24.6 Å². The van der Waals surface area contributed by atoms with Gasteiger partial charge in [0.2, 0.25) is 11.9 Å². The first-order valence-electron chi connectivity index (χ1n) is 5.40. The Morgan fingerprint density at radius 2 is 2.12 bits per heavy atom. The molecule has 0 unspecified atom stereocenters. The highest BCUT2D eigenvalue weighted by Gasteiger charge is 2.03. The highest BCUT2D eigenvalue weighted by atomic mass is 16.1. The van der Waals surface area contributed by atoms with Crippen LogP contribution in [0.5, 0.6) is 0 Å². The van der Waals surface area contributed by atoms with E-state index in [4.69, 9.17) is 11.5 Å². The number of rotatable bonds is 5. The highest BCUT2D eigenvalue weighted by molar-refractivity contribution is 5.76. The van der Waals surface area contributed by atoms with Crippen molar-refractivity contribution in [3.8, 4) is 0 Å². The van der Waals surface area contributed by atoms with E-state index >= 15 is 0 Å². The van der Waals surface area contributed by atoms with E-state index in [2.05, 4.69) is 20.6 Å². The second kappa shape index (κ2) is 5.88. The zero-order valence-electron chi connectivity index (χ0n) is 10.0. The zero-order valence-corrected chi connectivity index (χ0v) is 10.0. The molecule has 0 aliphatic carbocycles. The Morgan fingerprint density at radius 3 is 2.71 bits per heavy atom. The van der Waals surface area contributed by atoms with Crippen molar-refractivity contribution in [2.75, 3.05) is 23.3 Å². The van der Waals surface area contributed by atoms with Crippen LogP contribution >= 0.6 is 0 Å². The number of aromatic nitrogens is 2. The number of nitrogens with two attached hydrogens (primary N) is 2. The first-order valence-corrected chi connectivity index (χ1v) is 5.40. The molecule has 94 valence electrons. The number of hydrogen-bond donors (Lipinski definition) is 4. The van der Waals surface area contributed by atoms with E-state index in [1.54, 1.807) is 6.07 Å². The van der Waals surface area contributed by atoms with Gasteiger partial charge in [-0.05, 0) is 13.8 Å². The average molecular weight is 238 g/mol. The summed E-state index contributed by atoms with van der Waals surface area (Å²) < 4.78 is 0. The molecule has 0 aromatic carbocycles. The second-order valence-corrected chi connectivity index (χ2v) is 3.94. The second-order valence-electron chi connectivity index (χ2n) is 3.94. The minimum atomic E-state index is -0.0116. The van der Waals surface area contributed by atoms with Crippen LogP contribution in [0.3, 0.4) is 0 Å². The van der Waals surface area contributed by atoms with Gasteiger partial charge in [-0.1, -0.05) is 0 Å². The molecule has 1 aromatic rings. The number of amides is 1. The van der Waals surface area contributed by atoms with E-state index in [-0.39, 0.29) is 17.9 Å². The van der Waals surface area contributed by atoms with Crippen molar-refractivity contribution in [1.82, 2.24) is 15.3 Å². The number of carbonyl (C=O) groups is 1.